The maximum atomic E-state index is 11.9. The van der Waals surface area contributed by atoms with E-state index in [4.69, 9.17) is 0 Å². The van der Waals surface area contributed by atoms with Crippen LogP contribution in [0.5, 0.6) is 0 Å². The zero-order chi connectivity index (χ0) is 14.0. The van der Waals surface area contributed by atoms with Crippen LogP contribution in [0.15, 0.2) is 29.2 Å². The van der Waals surface area contributed by atoms with Crippen molar-refractivity contribution in [2.45, 2.75) is 36.9 Å². The Morgan fingerprint density at radius 1 is 1.28 bits per heavy atom. The molecule has 1 aromatic rings. The summed E-state index contributed by atoms with van der Waals surface area (Å²) in [6.07, 6.45) is 0.681. The molecular weight excluding hydrogens is 314 g/mol. The van der Waals surface area contributed by atoms with Crippen LogP contribution in [-0.2, 0) is 16.4 Å². The van der Waals surface area contributed by atoms with Crippen LogP contribution >= 0.6 is 15.9 Å². The lowest BCUT2D eigenvalue weighted by Gasteiger charge is -2.26. The number of rotatable bonds is 4. The summed E-state index contributed by atoms with van der Waals surface area (Å²) in [6.45, 7) is 6.38. The number of hydrogen-bond donors (Lipinski definition) is 1. The van der Waals surface area contributed by atoms with Crippen molar-refractivity contribution in [2.24, 2.45) is 5.41 Å². The van der Waals surface area contributed by atoms with E-state index in [1.165, 1.54) is 7.05 Å². The molecule has 0 amide bonds. The lowest BCUT2D eigenvalue weighted by atomic mass is 9.88. The van der Waals surface area contributed by atoms with Crippen LogP contribution < -0.4 is 4.72 Å². The van der Waals surface area contributed by atoms with Gasteiger partial charge in [0, 0.05) is 4.83 Å². The molecule has 0 saturated heterocycles. The topological polar surface area (TPSA) is 46.2 Å². The van der Waals surface area contributed by atoms with Crippen molar-refractivity contribution in [3.8, 4) is 0 Å². The Bertz CT molecular complexity index is 506. The van der Waals surface area contributed by atoms with Gasteiger partial charge in [0.2, 0.25) is 10.0 Å². The number of alkyl halides is 1. The van der Waals surface area contributed by atoms with Gasteiger partial charge < -0.3 is 0 Å². The maximum absolute atomic E-state index is 11.9. The monoisotopic (exact) mass is 333 g/mol. The molecule has 3 nitrogen and oxygen atoms in total. The van der Waals surface area contributed by atoms with Gasteiger partial charge in [-0.15, -0.1) is 0 Å². The van der Waals surface area contributed by atoms with Crippen molar-refractivity contribution in [2.75, 3.05) is 7.05 Å². The normalized spacial score (nSPS) is 14.5. The van der Waals surface area contributed by atoms with E-state index in [-0.39, 0.29) is 10.2 Å². The zero-order valence-electron chi connectivity index (χ0n) is 11.2. The highest BCUT2D eigenvalue weighted by Crippen LogP contribution is 2.30. The Hall–Kier alpha value is -0.390. The SMILES string of the molecule is CNS(=O)(=O)c1ccccc1CC(Br)C(C)(C)C. The summed E-state index contributed by atoms with van der Waals surface area (Å²) in [4.78, 5) is 0.583. The number of hydrogen-bond acceptors (Lipinski definition) is 2. The average molecular weight is 334 g/mol. The molecule has 18 heavy (non-hydrogen) atoms. The molecule has 5 heteroatoms. The highest BCUT2D eigenvalue weighted by molar-refractivity contribution is 9.09. The summed E-state index contributed by atoms with van der Waals surface area (Å²) in [5.41, 5.74) is 0.917. The minimum absolute atomic E-state index is 0.0799. The molecule has 0 aliphatic carbocycles. The van der Waals surface area contributed by atoms with Crippen molar-refractivity contribution in [3.63, 3.8) is 0 Å². The first-order valence-corrected chi connectivity index (χ1v) is 8.24. The molecule has 0 saturated carbocycles. The minimum Gasteiger partial charge on any atom is -0.214 e. The fourth-order valence-electron chi connectivity index (χ4n) is 1.54. The number of sulfonamides is 1. The van der Waals surface area contributed by atoms with Gasteiger partial charge in [0.05, 0.1) is 4.90 Å². The first kappa shape index (κ1) is 15.7. The van der Waals surface area contributed by atoms with Gasteiger partial charge in [-0.05, 0) is 30.5 Å². The van der Waals surface area contributed by atoms with Crippen molar-refractivity contribution in [1.82, 2.24) is 4.72 Å². The van der Waals surface area contributed by atoms with Gasteiger partial charge in [-0.3, -0.25) is 0 Å². The average Bonchev–Trinajstić information content (AvgIpc) is 2.28. The Balaban J connectivity index is 3.12. The summed E-state index contributed by atoms with van der Waals surface area (Å²) in [5.74, 6) is 0. The van der Waals surface area contributed by atoms with Gasteiger partial charge in [0.15, 0.2) is 0 Å². The van der Waals surface area contributed by atoms with E-state index in [2.05, 4.69) is 41.4 Å². The number of benzene rings is 1. The molecule has 0 aliphatic rings. The van der Waals surface area contributed by atoms with E-state index in [0.717, 1.165) is 5.56 Å². The maximum Gasteiger partial charge on any atom is 0.240 e. The van der Waals surface area contributed by atoms with Crippen LogP contribution in [0, 0.1) is 5.41 Å². The molecule has 0 spiro atoms. The third kappa shape index (κ3) is 3.80. The van der Waals surface area contributed by atoms with Crippen LogP contribution in [0.3, 0.4) is 0 Å². The van der Waals surface area contributed by atoms with E-state index in [1.807, 2.05) is 12.1 Å². The first-order chi connectivity index (χ1) is 8.18. The Labute approximate surface area is 118 Å². The standard InChI is InChI=1S/C13H20BrNO2S/c1-13(2,3)12(14)9-10-7-5-6-8-11(10)18(16,17)15-4/h5-8,12,15H,9H2,1-4H3. The summed E-state index contributed by atoms with van der Waals surface area (Å²) in [5, 5.41) is 0. The molecule has 0 bridgehead atoms. The van der Waals surface area contributed by atoms with Gasteiger partial charge in [0.25, 0.3) is 0 Å². The van der Waals surface area contributed by atoms with Gasteiger partial charge in [-0.25, -0.2) is 13.1 Å². The highest BCUT2D eigenvalue weighted by Gasteiger charge is 2.25. The highest BCUT2D eigenvalue weighted by atomic mass is 79.9. The van der Waals surface area contributed by atoms with Crippen LogP contribution in [0.4, 0.5) is 0 Å². The van der Waals surface area contributed by atoms with Crippen LogP contribution in [0.2, 0.25) is 0 Å². The molecule has 0 heterocycles. The molecule has 0 aliphatic heterocycles. The molecule has 1 unspecified atom stereocenters. The second-order valence-electron chi connectivity index (χ2n) is 5.35. The fraction of sp³-hybridized carbons (Fsp3) is 0.538. The summed E-state index contributed by atoms with van der Waals surface area (Å²) < 4.78 is 26.2. The van der Waals surface area contributed by atoms with Gasteiger partial charge >= 0.3 is 0 Å². The number of halogens is 1. The van der Waals surface area contributed by atoms with Crippen LogP contribution in [0.1, 0.15) is 26.3 Å². The molecule has 1 N–H and O–H groups in total. The largest absolute Gasteiger partial charge is 0.240 e. The zero-order valence-corrected chi connectivity index (χ0v) is 13.6. The Morgan fingerprint density at radius 2 is 1.83 bits per heavy atom. The van der Waals surface area contributed by atoms with E-state index in [0.29, 0.717) is 11.3 Å². The second kappa shape index (κ2) is 5.72. The van der Waals surface area contributed by atoms with E-state index in [9.17, 15) is 8.42 Å². The quantitative estimate of drug-likeness (QED) is 0.861. The first-order valence-electron chi connectivity index (χ1n) is 5.84. The molecule has 1 atom stereocenters. The third-order valence-electron chi connectivity index (χ3n) is 2.87. The molecule has 0 aromatic heterocycles. The smallest absolute Gasteiger partial charge is 0.214 e. The van der Waals surface area contributed by atoms with Crippen LogP contribution in [0.25, 0.3) is 0 Å². The second-order valence-corrected chi connectivity index (χ2v) is 8.31. The van der Waals surface area contributed by atoms with Gasteiger partial charge in [0.1, 0.15) is 0 Å². The lowest BCUT2D eigenvalue weighted by Crippen LogP contribution is -2.25. The summed E-state index contributed by atoms with van der Waals surface area (Å²) in [7, 11) is -1.96. The molecular formula is C13H20BrNO2S. The Kier molecular flexibility index (Phi) is 4.98. The van der Waals surface area contributed by atoms with Crippen molar-refractivity contribution in [3.05, 3.63) is 29.8 Å². The van der Waals surface area contributed by atoms with E-state index < -0.39 is 10.0 Å². The predicted molar refractivity (Wildman–Crippen MR) is 78.6 cm³/mol. The summed E-state index contributed by atoms with van der Waals surface area (Å²) >= 11 is 3.64. The van der Waals surface area contributed by atoms with Crippen molar-refractivity contribution < 1.29 is 8.42 Å². The van der Waals surface area contributed by atoms with Crippen LogP contribution in [-0.4, -0.2) is 20.3 Å². The van der Waals surface area contributed by atoms with Crippen molar-refractivity contribution >= 4 is 26.0 Å². The van der Waals surface area contributed by atoms with Crippen molar-refractivity contribution in [1.29, 1.82) is 0 Å². The molecule has 0 fully saturated rings. The van der Waals surface area contributed by atoms with Gasteiger partial charge in [-0.2, -0.15) is 0 Å². The molecule has 102 valence electrons. The van der Waals surface area contributed by atoms with E-state index >= 15 is 0 Å². The predicted octanol–water partition coefficient (Wildman–Crippen LogP) is 2.95. The minimum atomic E-state index is -3.39. The molecule has 0 radical (unpaired) electrons. The van der Waals surface area contributed by atoms with Gasteiger partial charge in [-0.1, -0.05) is 54.9 Å². The van der Waals surface area contributed by atoms with E-state index in [1.54, 1.807) is 12.1 Å². The Morgan fingerprint density at radius 3 is 2.33 bits per heavy atom. The third-order valence-corrected chi connectivity index (χ3v) is 6.08. The molecule has 1 aromatic carbocycles. The number of nitrogens with one attached hydrogen (secondary N) is 1. The molecule has 1 rings (SSSR count). The summed E-state index contributed by atoms with van der Waals surface area (Å²) in [6, 6.07) is 7.12. The fourth-order valence-corrected chi connectivity index (χ4v) is 2.87. The lowest BCUT2D eigenvalue weighted by molar-refractivity contribution is 0.396.